The summed E-state index contributed by atoms with van der Waals surface area (Å²) in [6.45, 7) is 11.2. The molecule has 0 aromatic carbocycles. The van der Waals surface area contributed by atoms with E-state index in [1.54, 1.807) is 7.11 Å². The Kier molecular flexibility index (Phi) is 7.09. The number of hydrogen-bond acceptors (Lipinski definition) is 3. The van der Waals surface area contributed by atoms with Crippen LogP contribution in [0.25, 0.3) is 0 Å². The monoisotopic (exact) mass is 242 g/mol. The Morgan fingerprint density at radius 3 is 2.59 bits per heavy atom. The van der Waals surface area contributed by atoms with E-state index in [-0.39, 0.29) is 0 Å². The van der Waals surface area contributed by atoms with E-state index in [9.17, 15) is 0 Å². The van der Waals surface area contributed by atoms with Crippen LogP contribution in [0.2, 0.25) is 0 Å². The lowest BCUT2D eigenvalue weighted by Crippen LogP contribution is -2.40. The third-order valence-electron chi connectivity index (χ3n) is 3.68. The molecule has 1 rings (SSSR count). The molecule has 0 radical (unpaired) electrons. The second kappa shape index (κ2) is 8.06. The Morgan fingerprint density at radius 1 is 1.35 bits per heavy atom. The van der Waals surface area contributed by atoms with Crippen molar-refractivity contribution < 1.29 is 4.74 Å². The fourth-order valence-electron chi connectivity index (χ4n) is 2.08. The highest BCUT2D eigenvalue weighted by Crippen LogP contribution is 2.19. The maximum atomic E-state index is 5.20. The summed E-state index contributed by atoms with van der Waals surface area (Å²) in [5.74, 6) is 0.724. The first kappa shape index (κ1) is 14.9. The quantitative estimate of drug-likeness (QED) is 0.635. The van der Waals surface area contributed by atoms with Crippen molar-refractivity contribution in [1.82, 2.24) is 10.2 Å². The average molecular weight is 242 g/mol. The molecule has 0 bridgehead atoms. The number of hydrogen-bond donors (Lipinski definition) is 1. The maximum Gasteiger partial charge on any atom is 0.0589 e. The molecular weight excluding hydrogens is 212 g/mol. The van der Waals surface area contributed by atoms with Gasteiger partial charge in [0.1, 0.15) is 0 Å². The van der Waals surface area contributed by atoms with Gasteiger partial charge < -0.3 is 10.1 Å². The number of nitrogens with zero attached hydrogens (tertiary/aromatic N) is 1. The van der Waals surface area contributed by atoms with E-state index in [0.29, 0.717) is 6.04 Å². The topological polar surface area (TPSA) is 24.5 Å². The van der Waals surface area contributed by atoms with Crippen molar-refractivity contribution in [2.75, 3.05) is 33.4 Å². The molecule has 1 fully saturated rings. The van der Waals surface area contributed by atoms with Crippen molar-refractivity contribution in [3.05, 3.63) is 0 Å². The summed E-state index contributed by atoms with van der Waals surface area (Å²) in [7, 11) is 1.78. The van der Waals surface area contributed by atoms with Crippen LogP contribution in [0, 0.1) is 5.92 Å². The first-order chi connectivity index (χ1) is 8.17. The van der Waals surface area contributed by atoms with Crippen LogP contribution in [0.3, 0.4) is 0 Å². The minimum absolute atomic E-state index is 0.661. The fraction of sp³-hybridized carbons (Fsp3) is 1.00. The van der Waals surface area contributed by atoms with Gasteiger partial charge in [0.25, 0.3) is 0 Å². The molecule has 0 aromatic heterocycles. The number of methoxy groups -OCH3 is 1. The maximum absolute atomic E-state index is 5.20. The summed E-state index contributed by atoms with van der Waals surface area (Å²) in [5, 5.41) is 3.62. The lowest BCUT2D eigenvalue weighted by Gasteiger charge is -2.30. The second-order valence-corrected chi connectivity index (χ2v) is 5.53. The van der Waals surface area contributed by atoms with Gasteiger partial charge in [-0.2, -0.15) is 0 Å². The van der Waals surface area contributed by atoms with Crippen molar-refractivity contribution >= 4 is 0 Å². The Bertz CT molecular complexity index is 195. The summed E-state index contributed by atoms with van der Waals surface area (Å²) < 4.78 is 5.20. The van der Waals surface area contributed by atoms with E-state index in [1.165, 1.54) is 25.8 Å². The second-order valence-electron chi connectivity index (χ2n) is 5.53. The first-order valence-electron chi connectivity index (χ1n) is 7.13. The molecule has 0 amide bonds. The molecule has 0 saturated heterocycles. The lowest BCUT2D eigenvalue weighted by atomic mass is 10.1. The SMILES string of the molecule is CCC(C)N(CCOC)CC(C)CNC1CC1. The third kappa shape index (κ3) is 6.39. The molecule has 1 saturated carbocycles. The highest BCUT2D eigenvalue weighted by Gasteiger charge is 2.22. The van der Waals surface area contributed by atoms with Gasteiger partial charge in [-0.15, -0.1) is 0 Å². The predicted octanol–water partition coefficient (Wildman–Crippen LogP) is 2.12. The smallest absolute Gasteiger partial charge is 0.0589 e. The average Bonchev–Trinajstić information content (AvgIpc) is 3.14. The van der Waals surface area contributed by atoms with Crippen LogP contribution < -0.4 is 5.32 Å². The zero-order chi connectivity index (χ0) is 12.7. The van der Waals surface area contributed by atoms with Crippen molar-refractivity contribution in [1.29, 1.82) is 0 Å². The molecule has 17 heavy (non-hydrogen) atoms. The standard InChI is InChI=1S/C14H30N2O/c1-5-13(3)16(8-9-17-4)11-12(2)10-15-14-6-7-14/h12-15H,5-11H2,1-4H3. The predicted molar refractivity (Wildman–Crippen MR) is 73.4 cm³/mol. The zero-order valence-electron chi connectivity index (χ0n) is 12.0. The molecule has 1 aliphatic carbocycles. The normalized spacial score (nSPS) is 19.6. The van der Waals surface area contributed by atoms with Gasteiger partial charge in [0.15, 0.2) is 0 Å². The fourth-order valence-corrected chi connectivity index (χ4v) is 2.08. The van der Waals surface area contributed by atoms with Crippen LogP contribution in [0.15, 0.2) is 0 Å². The Labute approximate surface area is 107 Å². The van der Waals surface area contributed by atoms with Crippen LogP contribution >= 0.6 is 0 Å². The van der Waals surface area contributed by atoms with Gasteiger partial charge in [-0.3, -0.25) is 4.90 Å². The van der Waals surface area contributed by atoms with Gasteiger partial charge in [0.2, 0.25) is 0 Å². The van der Waals surface area contributed by atoms with Crippen molar-refractivity contribution in [3.8, 4) is 0 Å². The van der Waals surface area contributed by atoms with E-state index >= 15 is 0 Å². The van der Waals surface area contributed by atoms with Crippen LogP contribution in [-0.2, 0) is 4.74 Å². The highest BCUT2D eigenvalue weighted by molar-refractivity contribution is 4.82. The Hall–Kier alpha value is -0.120. The first-order valence-corrected chi connectivity index (χ1v) is 7.13. The van der Waals surface area contributed by atoms with E-state index < -0.39 is 0 Å². The molecule has 2 atom stereocenters. The Morgan fingerprint density at radius 2 is 2.06 bits per heavy atom. The van der Waals surface area contributed by atoms with Gasteiger partial charge in [-0.25, -0.2) is 0 Å². The third-order valence-corrected chi connectivity index (χ3v) is 3.68. The van der Waals surface area contributed by atoms with Crippen LogP contribution in [0.5, 0.6) is 0 Å². The molecule has 2 unspecified atom stereocenters. The molecule has 0 heterocycles. The van der Waals surface area contributed by atoms with Gasteiger partial charge in [-0.1, -0.05) is 13.8 Å². The van der Waals surface area contributed by atoms with E-state index in [4.69, 9.17) is 4.74 Å². The number of nitrogens with one attached hydrogen (secondary N) is 1. The van der Waals surface area contributed by atoms with Gasteiger partial charge in [0, 0.05) is 32.3 Å². The summed E-state index contributed by atoms with van der Waals surface area (Å²) in [4.78, 5) is 2.56. The van der Waals surface area contributed by atoms with E-state index in [1.807, 2.05) is 0 Å². The summed E-state index contributed by atoms with van der Waals surface area (Å²) in [5.41, 5.74) is 0. The van der Waals surface area contributed by atoms with Gasteiger partial charge in [0.05, 0.1) is 6.61 Å². The zero-order valence-corrected chi connectivity index (χ0v) is 12.0. The number of ether oxygens (including phenoxy) is 1. The minimum atomic E-state index is 0.661. The van der Waals surface area contributed by atoms with E-state index in [2.05, 4.69) is 31.0 Å². The van der Waals surface area contributed by atoms with Gasteiger partial charge >= 0.3 is 0 Å². The molecule has 3 nitrogen and oxygen atoms in total. The molecule has 0 aromatic rings. The minimum Gasteiger partial charge on any atom is -0.383 e. The molecule has 0 aliphatic heterocycles. The molecule has 102 valence electrons. The summed E-state index contributed by atoms with van der Waals surface area (Å²) in [6.07, 6.45) is 3.98. The molecule has 1 aliphatic rings. The lowest BCUT2D eigenvalue weighted by molar-refractivity contribution is 0.111. The highest BCUT2D eigenvalue weighted by atomic mass is 16.5. The van der Waals surface area contributed by atoms with Crippen molar-refractivity contribution in [2.24, 2.45) is 5.92 Å². The molecule has 0 spiro atoms. The molecular formula is C14H30N2O. The van der Waals surface area contributed by atoms with Gasteiger partial charge in [-0.05, 0) is 38.6 Å². The van der Waals surface area contributed by atoms with Crippen LogP contribution in [-0.4, -0.2) is 50.3 Å². The molecule has 1 N–H and O–H groups in total. The van der Waals surface area contributed by atoms with Crippen molar-refractivity contribution in [2.45, 2.75) is 52.1 Å². The van der Waals surface area contributed by atoms with Crippen LogP contribution in [0.4, 0.5) is 0 Å². The summed E-state index contributed by atoms with van der Waals surface area (Å²) in [6, 6.07) is 1.49. The van der Waals surface area contributed by atoms with E-state index in [0.717, 1.165) is 31.7 Å². The summed E-state index contributed by atoms with van der Waals surface area (Å²) >= 11 is 0. The molecule has 3 heteroatoms. The van der Waals surface area contributed by atoms with Crippen LogP contribution in [0.1, 0.15) is 40.0 Å². The number of rotatable bonds is 10. The van der Waals surface area contributed by atoms with Crippen molar-refractivity contribution in [3.63, 3.8) is 0 Å². The Balaban J connectivity index is 2.23. The largest absolute Gasteiger partial charge is 0.383 e.